The van der Waals surface area contributed by atoms with Crippen LogP contribution in [0.2, 0.25) is 0 Å². The minimum absolute atomic E-state index is 0.125. The molecule has 6 nitrogen and oxygen atoms in total. The van der Waals surface area contributed by atoms with Crippen molar-refractivity contribution >= 4 is 11.7 Å². The van der Waals surface area contributed by atoms with Gasteiger partial charge in [-0.1, -0.05) is 17.7 Å². The molecule has 0 fully saturated rings. The Kier molecular flexibility index (Phi) is 7.36. The molecule has 152 valence electrons. The van der Waals surface area contributed by atoms with E-state index in [4.69, 9.17) is 14.2 Å². The molecule has 0 heterocycles. The number of amides is 2. The van der Waals surface area contributed by atoms with Gasteiger partial charge in [0.1, 0.15) is 12.4 Å². The number of hydrogen-bond donors (Lipinski definition) is 2. The van der Waals surface area contributed by atoms with Crippen molar-refractivity contribution in [2.45, 2.75) is 13.1 Å². The Bertz CT molecular complexity index is 780. The van der Waals surface area contributed by atoms with Crippen molar-refractivity contribution < 1.29 is 32.2 Å². The molecular formula is C19H21F3N2O4. The van der Waals surface area contributed by atoms with Crippen LogP contribution in [0.1, 0.15) is 5.56 Å². The summed E-state index contributed by atoms with van der Waals surface area (Å²) < 4.78 is 52.2. The number of nitrogens with one attached hydrogen (secondary N) is 2. The molecule has 28 heavy (non-hydrogen) atoms. The molecule has 0 unspecified atom stereocenters. The third-order valence-corrected chi connectivity index (χ3v) is 3.49. The van der Waals surface area contributed by atoms with Crippen molar-refractivity contribution in [3.8, 4) is 17.2 Å². The number of anilines is 1. The highest BCUT2D eigenvalue weighted by molar-refractivity contribution is 5.89. The molecule has 0 bridgehead atoms. The number of rotatable bonds is 8. The zero-order chi connectivity index (χ0) is 20.6. The Hall–Kier alpha value is -3.10. The maximum atomic E-state index is 12.3. The van der Waals surface area contributed by atoms with E-state index in [1.807, 2.05) is 31.2 Å². The Balaban J connectivity index is 1.82. The van der Waals surface area contributed by atoms with Crippen LogP contribution in [0.25, 0.3) is 0 Å². The molecule has 0 aliphatic heterocycles. The number of aryl methyl sites for hydroxylation is 1. The van der Waals surface area contributed by atoms with E-state index in [-0.39, 0.29) is 30.3 Å². The van der Waals surface area contributed by atoms with E-state index in [1.54, 1.807) is 0 Å². The number of alkyl halides is 3. The Morgan fingerprint density at radius 1 is 1.04 bits per heavy atom. The second kappa shape index (κ2) is 9.72. The van der Waals surface area contributed by atoms with Gasteiger partial charge in [0.05, 0.1) is 13.7 Å². The van der Waals surface area contributed by atoms with E-state index in [2.05, 4.69) is 10.6 Å². The van der Waals surface area contributed by atoms with Crippen LogP contribution >= 0.6 is 0 Å². The third kappa shape index (κ3) is 7.26. The zero-order valence-electron chi connectivity index (χ0n) is 15.4. The van der Waals surface area contributed by atoms with Gasteiger partial charge in [-0.2, -0.15) is 13.2 Å². The maximum absolute atomic E-state index is 12.3. The van der Waals surface area contributed by atoms with Crippen LogP contribution in [0.4, 0.5) is 23.7 Å². The molecular weight excluding hydrogens is 377 g/mol. The molecule has 9 heteroatoms. The van der Waals surface area contributed by atoms with Gasteiger partial charge in [-0.25, -0.2) is 4.79 Å². The van der Waals surface area contributed by atoms with Crippen molar-refractivity contribution in [3.63, 3.8) is 0 Å². The highest BCUT2D eigenvalue weighted by Crippen LogP contribution is 2.31. The molecule has 0 aliphatic rings. The first-order valence-corrected chi connectivity index (χ1v) is 8.39. The first-order valence-electron chi connectivity index (χ1n) is 8.39. The first kappa shape index (κ1) is 21.2. The number of urea groups is 1. The van der Waals surface area contributed by atoms with Gasteiger partial charge < -0.3 is 24.8 Å². The quantitative estimate of drug-likeness (QED) is 0.656. The highest BCUT2D eigenvalue weighted by atomic mass is 19.4. The summed E-state index contributed by atoms with van der Waals surface area (Å²) in [5.74, 6) is 0.691. The summed E-state index contributed by atoms with van der Waals surface area (Å²) in [6.07, 6.45) is -4.48. The van der Waals surface area contributed by atoms with Crippen LogP contribution in [0, 0.1) is 6.92 Å². The van der Waals surface area contributed by atoms with Crippen molar-refractivity contribution in [3.05, 3.63) is 48.0 Å². The lowest BCUT2D eigenvalue weighted by Crippen LogP contribution is -2.32. The summed E-state index contributed by atoms with van der Waals surface area (Å²) >= 11 is 0. The van der Waals surface area contributed by atoms with Crippen molar-refractivity contribution in [2.24, 2.45) is 0 Å². The lowest BCUT2D eigenvalue weighted by Gasteiger charge is -2.14. The monoisotopic (exact) mass is 398 g/mol. The smallest absolute Gasteiger partial charge is 0.422 e. The molecule has 2 rings (SSSR count). The minimum Gasteiger partial charge on any atom is -0.493 e. The van der Waals surface area contributed by atoms with Crippen LogP contribution < -0.4 is 24.8 Å². The van der Waals surface area contributed by atoms with Gasteiger partial charge in [-0.3, -0.25) is 0 Å². The first-order chi connectivity index (χ1) is 13.3. The molecule has 2 N–H and O–H groups in total. The number of carbonyl (C=O) groups excluding carboxylic acids is 1. The topological polar surface area (TPSA) is 68.8 Å². The second-order valence-corrected chi connectivity index (χ2v) is 5.81. The molecule has 2 aromatic carbocycles. The van der Waals surface area contributed by atoms with E-state index >= 15 is 0 Å². The van der Waals surface area contributed by atoms with E-state index in [1.165, 1.54) is 25.3 Å². The van der Waals surface area contributed by atoms with Crippen molar-refractivity contribution in [1.82, 2.24) is 5.32 Å². The molecule has 0 saturated carbocycles. The summed E-state index contributed by atoms with van der Waals surface area (Å²) in [6, 6.07) is 11.1. The van der Waals surface area contributed by atoms with Crippen LogP contribution in [0.15, 0.2) is 42.5 Å². The molecule has 0 saturated heterocycles. The van der Waals surface area contributed by atoms with Crippen LogP contribution in [-0.4, -0.2) is 39.1 Å². The average molecular weight is 398 g/mol. The normalized spacial score (nSPS) is 10.9. The van der Waals surface area contributed by atoms with E-state index in [0.717, 1.165) is 5.56 Å². The third-order valence-electron chi connectivity index (χ3n) is 3.49. The number of ether oxygens (including phenoxy) is 3. The fourth-order valence-corrected chi connectivity index (χ4v) is 2.17. The van der Waals surface area contributed by atoms with Gasteiger partial charge in [0.25, 0.3) is 0 Å². The Morgan fingerprint density at radius 3 is 2.39 bits per heavy atom. The lowest BCUT2D eigenvalue weighted by atomic mass is 10.2. The molecule has 0 radical (unpaired) electrons. The Morgan fingerprint density at radius 2 is 1.75 bits per heavy atom. The molecule has 0 atom stereocenters. The average Bonchev–Trinajstić information content (AvgIpc) is 2.64. The molecule has 0 aromatic heterocycles. The number of halogens is 3. The van der Waals surface area contributed by atoms with E-state index in [9.17, 15) is 18.0 Å². The van der Waals surface area contributed by atoms with E-state index < -0.39 is 18.8 Å². The fourth-order valence-electron chi connectivity index (χ4n) is 2.17. The molecule has 0 aliphatic carbocycles. The van der Waals surface area contributed by atoms with Gasteiger partial charge in [0.15, 0.2) is 18.1 Å². The van der Waals surface area contributed by atoms with Crippen molar-refractivity contribution in [1.29, 1.82) is 0 Å². The lowest BCUT2D eigenvalue weighted by molar-refractivity contribution is -0.153. The summed E-state index contributed by atoms with van der Waals surface area (Å²) in [5, 5.41) is 5.10. The highest BCUT2D eigenvalue weighted by Gasteiger charge is 2.29. The van der Waals surface area contributed by atoms with Crippen LogP contribution in [0.5, 0.6) is 17.2 Å². The van der Waals surface area contributed by atoms with Crippen molar-refractivity contribution in [2.75, 3.05) is 32.2 Å². The van der Waals surface area contributed by atoms with Gasteiger partial charge in [0, 0.05) is 11.8 Å². The summed E-state index contributed by atoms with van der Waals surface area (Å²) in [6.45, 7) is 1.01. The molecule has 0 spiro atoms. The largest absolute Gasteiger partial charge is 0.493 e. The predicted molar refractivity (Wildman–Crippen MR) is 98.2 cm³/mol. The number of hydrogen-bond acceptors (Lipinski definition) is 4. The predicted octanol–water partition coefficient (Wildman–Crippen LogP) is 4.15. The SMILES string of the molecule is COc1ccc(NC(=O)NCCOc2ccc(C)cc2)cc1OCC(F)(F)F. The van der Waals surface area contributed by atoms with Gasteiger partial charge in [-0.15, -0.1) is 0 Å². The van der Waals surface area contributed by atoms with Gasteiger partial charge >= 0.3 is 12.2 Å². The number of methoxy groups -OCH3 is 1. The maximum Gasteiger partial charge on any atom is 0.422 e. The van der Waals surface area contributed by atoms with E-state index in [0.29, 0.717) is 5.75 Å². The molecule has 2 aromatic rings. The molecule has 2 amide bonds. The zero-order valence-corrected chi connectivity index (χ0v) is 15.4. The number of benzene rings is 2. The fraction of sp³-hybridized carbons (Fsp3) is 0.316. The van der Waals surface area contributed by atoms with Crippen LogP contribution in [0.3, 0.4) is 0 Å². The summed E-state index contributed by atoms with van der Waals surface area (Å²) in [7, 11) is 1.31. The van der Waals surface area contributed by atoms with Gasteiger partial charge in [0.2, 0.25) is 0 Å². The number of carbonyl (C=O) groups is 1. The summed E-state index contributed by atoms with van der Waals surface area (Å²) in [4.78, 5) is 11.9. The second-order valence-electron chi connectivity index (χ2n) is 5.81. The van der Waals surface area contributed by atoms with Gasteiger partial charge in [-0.05, 0) is 31.2 Å². The minimum atomic E-state index is -4.48. The standard InChI is InChI=1S/C19H21F3N2O4/c1-13-3-6-15(7-4-13)27-10-9-23-18(25)24-14-5-8-16(26-2)17(11-14)28-12-19(20,21)22/h3-8,11H,9-10,12H2,1-2H3,(H2,23,24,25). The summed E-state index contributed by atoms with van der Waals surface area (Å²) in [5.41, 5.74) is 1.37. The Labute approximate surface area is 160 Å². The van der Waals surface area contributed by atoms with Crippen LogP contribution in [-0.2, 0) is 0 Å².